The molecule has 1 heterocycles. The molecule has 5 heteroatoms. The Morgan fingerprint density at radius 3 is 3.00 bits per heavy atom. The lowest BCUT2D eigenvalue weighted by Crippen LogP contribution is -2.30. The van der Waals surface area contributed by atoms with Gasteiger partial charge in [-0.2, -0.15) is 0 Å². The van der Waals surface area contributed by atoms with Gasteiger partial charge in [0.2, 0.25) is 0 Å². The Hall–Kier alpha value is -1.23. The molecule has 0 fully saturated rings. The quantitative estimate of drug-likeness (QED) is 0.846. The number of para-hydroxylation sites is 1. The van der Waals surface area contributed by atoms with Crippen LogP contribution in [-0.4, -0.2) is 30.5 Å². The predicted octanol–water partition coefficient (Wildman–Crippen LogP) is 2.75. The first-order chi connectivity index (χ1) is 9.22. The minimum atomic E-state index is -0.122. The van der Waals surface area contributed by atoms with Crippen molar-refractivity contribution >= 4 is 21.8 Å². The van der Waals surface area contributed by atoms with Crippen molar-refractivity contribution in [2.45, 2.75) is 24.6 Å². The number of nitrogens with one attached hydrogen (secondary N) is 1. The number of alkyl halides is 1. The van der Waals surface area contributed by atoms with Crippen LogP contribution >= 0.6 is 15.9 Å². The Bertz CT molecular complexity index is 450. The zero-order chi connectivity index (χ0) is 13.7. The van der Waals surface area contributed by atoms with Crippen LogP contribution in [0.1, 0.15) is 30.1 Å². The summed E-state index contributed by atoms with van der Waals surface area (Å²) in [6.07, 6.45) is 2.12. The van der Waals surface area contributed by atoms with Crippen molar-refractivity contribution in [3.05, 3.63) is 23.8 Å². The molecule has 1 N–H and O–H groups in total. The highest BCUT2D eigenvalue weighted by Gasteiger charge is 2.20. The standard InChI is InChI=1S/C14H18BrNO3/c1-2-4-10(15)9-16-14(17)11-5-3-6-12-13(11)19-8-7-18-12/h3,5-6,10H,2,4,7-9H2,1H3,(H,16,17). The van der Waals surface area contributed by atoms with Crippen molar-refractivity contribution in [2.75, 3.05) is 19.8 Å². The molecule has 4 nitrogen and oxygen atoms in total. The monoisotopic (exact) mass is 327 g/mol. The van der Waals surface area contributed by atoms with E-state index in [4.69, 9.17) is 9.47 Å². The smallest absolute Gasteiger partial charge is 0.255 e. The summed E-state index contributed by atoms with van der Waals surface area (Å²) in [5.41, 5.74) is 0.536. The number of rotatable bonds is 5. The van der Waals surface area contributed by atoms with Gasteiger partial charge in [0.05, 0.1) is 5.56 Å². The molecule has 1 unspecified atom stereocenters. The van der Waals surface area contributed by atoms with Crippen LogP contribution in [0.2, 0.25) is 0 Å². The lowest BCUT2D eigenvalue weighted by molar-refractivity contribution is 0.0942. The van der Waals surface area contributed by atoms with Crippen molar-refractivity contribution in [3.8, 4) is 11.5 Å². The molecule has 0 aromatic heterocycles. The number of carbonyl (C=O) groups excluding carboxylic acids is 1. The highest BCUT2D eigenvalue weighted by molar-refractivity contribution is 9.09. The first kappa shape index (κ1) is 14.2. The Labute approximate surface area is 121 Å². The number of amides is 1. The molecule has 0 aliphatic carbocycles. The van der Waals surface area contributed by atoms with E-state index in [2.05, 4.69) is 28.2 Å². The van der Waals surface area contributed by atoms with Crippen LogP contribution in [0.5, 0.6) is 11.5 Å². The number of ether oxygens (including phenoxy) is 2. The van der Waals surface area contributed by atoms with Crippen LogP contribution in [-0.2, 0) is 0 Å². The number of fused-ring (bicyclic) bond motifs is 1. The Morgan fingerprint density at radius 1 is 1.42 bits per heavy atom. The normalized spacial score (nSPS) is 14.8. The summed E-state index contributed by atoms with van der Waals surface area (Å²) in [6.45, 7) is 3.73. The second-order valence-electron chi connectivity index (χ2n) is 4.43. The minimum absolute atomic E-state index is 0.122. The SMILES string of the molecule is CCCC(Br)CNC(=O)c1cccc2c1OCCO2. The van der Waals surface area contributed by atoms with E-state index in [0.29, 0.717) is 41.6 Å². The Kier molecular flexibility index (Phi) is 5.07. The van der Waals surface area contributed by atoms with Gasteiger partial charge >= 0.3 is 0 Å². The van der Waals surface area contributed by atoms with Gasteiger partial charge in [-0.05, 0) is 18.6 Å². The summed E-state index contributed by atoms with van der Waals surface area (Å²) in [7, 11) is 0. The molecular weight excluding hydrogens is 310 g/mol. The molecule has 1 aromatic carbocycles. The fourth-order valence-electron chi connectivity index (χ4n) is 1.97. The molecule has 0 spiro atoms. The average Bonchev–Trinajstić information content (AvgIpc) is 2.44. The summed E-state index contributed by atoms with van der Waals surface area (Å²) in [4.78, 5) is 12.5. The Morgan fingerprint density at radius 2 is 2.21 bits per heavy atom. The second-order valence-corrected chi connectivity index (χ2v) is 5.72. The molecular formula is C14H18BrNO3. The predicted molar refractivity (Wildman–Crippen MR) is 77.4 cm³/mol. The molecule has 1 atom stereocenters. The summed E-state index contributed by atoms with van der Waals surface area (Å²) in [6, 6.07) is 5.38. The van der Waals surface area contributed by atoms with Gasteiger partial charge < -0.3 is 14.8 Å². The van der Waals surface area contributed by atoms with Crippen molar-refractivity contribution in [1.29, 1.82) is 0 Å². The topological polar surface area (TPSA) is 47.6 Å². The van der Waals surface area contributed by atoms with Gasteiger partial charge in [0, 0.05) is 11.4 Å². The molecule has 0 saturated carbocycles. The molecule has 0 bridgehead atoms. The van der Waals surface area contributed by atoms with Crippen LogP contribution in [0.25, 0.3) is 0 Å². The zero-order valence-corrected chi connectivity index (χ0v) is 12.5. The van der Waals surface area contributed by atoms with Gasteiger partial charge in [0.1, 0.15) is 13.2 Å². The zero-order valence-electron chi connectivity index (χ0n) is 10.9. The number of hydrogen-bond acceptors (Lipinski definition) is 3. The van der Waals surface area contributed by atoms with E-state index in [-0.39, 0.29) is 5.91 Å². The molecule has 104 valence electrons. The molecule has 1 aliphatic heterocycles. The molecule has 0 saturated heterocycles. The molecule has 2 rings (SSSR count). The maximum Gasteiger partial charge on any atom is 0.255 e. The van der Waals surface area contributed by atoms with Gasteiger partial charge in [0.25, 0.3) is 5.91 Å². The van der Waals surface area contributed by atoms with Crippen molar-refractivity contribution in [2.24, 2.45) is 0 Å². The van der Waals surface area contributed by atoms with E-state index in [1.54, 1.807) is 12.1 Å². The maximum absolute atomic E-state index is 12.2. The highest BCUT2D eigenvalue weighted by Crippen LogP contribution is 2.33. The number of benzene rings is 1. The molecule has 1 aromatic rings. The Balaban J connectivity index is 2.03. The van der Waals surface area contributed by atoms with Crippen molar-refractivity contribution in [1.82, 2.24) is 5.32 Å². The first-order valence-corrected chi connectivity index (χ1v) is 7.44. The summed E-state index contributed by atoms with van der Waals surface area (Å²) < 4.78 is 11.0. The third-order valence-electron chi connectivity index (χ3n) is 2.90. The van der Waals surface area contributed by atoms with Crippen LogP contribution in [0.3, 0.4) is 0 Å². The van der Waals surface area contributed by atoms with Gasteiger partial charge in [-0.3, -0.25) is 4.79 Å². The summed E-state index contributed by atoms with van der Waals surface area (Å²) >= 11 is 3.54. The van der Waals surface area contributed by atoms with E-state index in [9.17, 15) is 4.79 Å². The number of carbonyl (C=O) groups is 1. The largest absolute Gasteiger partial charge is 0.486 e. The van der Waals surface area contributed by atoms with Crippen molar-refractivity contribution in [3.63, 3.8) is 0 Å². The fraction of sp³-hybridized carbons (Fsp3) is 0.500. The van der Waals surface area contributed by atoms with Crippen LogP contribution in [0, 0.1) is 0 Å². The van der Waals surface area contributed by atoms with Gasteiger partial charge in [-0.15, -0.1) is 0 Å². The number of hydrogen-bond donors (Lipinski definition) is 1. The van der Waals surface area contributed by atoms with Gasteiger partial charge in [-0.25, -0.2) is 0 Å². The minimum Gasteiger partial charge on any atom is -0.486 e. The van der Waals surface area contributed by atoms with Gasteiger partial charge in [-0.1, -0.05) is 35.3 Å². The maximum atomic E-state index is 12.2. The third-order valence-corrected chi connectivity index (χ3v) is 3.68. The molecule has 19 heavy (non-hydrogen) atoms. The lowest BCUT2D eigenvalue weighted by atomic mass is 10.1. The van der Waals surface area contributed by atoms with E-state index in [0.717, 1.165) is 12.8 Å². The molecule has 1 aliphatic rings. The summed E-state index contributed by atoms with van der Waals surface area (Å²) in [5.74, 6) is 1.07. The van der Waals surface area contributed by atoms with Gasteiger partial charge in [0.15, 0.2) is 11.5 Å². The fourth-order valence-corrected chi connectivity index (χ4v) is 2.59. The summed E-state index contributed by atoms with van der Waals surface area (Å²) in [5, 5.41) is 2.91. The van der Waals surface area contributed by atoms with Crippen LogP contribution in [0.15, 0.2) is 18.2 Å². The third kappa shape index (κ3) is 3.62. The second kappa shape index (κ2) is 6.80. The average molecular weight is 328 g/mol. The lowest BCUT2D eigenvalue weighted by Gasteiger charge is -2.20. The van der Waals surface area contributed by atoms with E-state index in [1.165, 1.54) is 0 Å². The van der Waals surface area contributed by atoms with E-state index >= 15 is 0 Å². The van der Waals surface area contributed by atoms with Crippen molar-refractivity contribution < 1.29 is 14.3 Å². The van der Waals surface area contributed by atoms with Crippen LogP contribution in [0.4, 0.5) is 0 Å². The van der Waals surface area contributed by atoms with E-state index < -0.39 is 0 Å². The van der Waals surface area contributed by atoms with E-state index in [1.807, 2.05) is 6.07 Å². The highest BCUT2D eigenvalue weighted by atomic mass is 79.9. The number of halogens is 1. The molecule has 1 amide bonds. The molecule has 0 radical (unpaired) electrons. The first-order valence-electron chi connectivity index (χ1n) is 6.53. The van der Waals surface area contributed by atoms with Crippen LogP contribution < -0.4 is 14.8 Å².